The zero-order valence-electron chi connectivity index (χ0n) is 14.6. The summed E-state index contributed by atoms with van der Waals surface area (Å²) in [5.41, 5.74) is 0.468. The van der Waals surface area contributed by atoms with Gasteiger partial charge in [0.25, 0.3) is 0 Å². The molecule has 0 radical (unpaired) electrons. The van der Waals surface area contributed by atoms with Gasteiger partial charge in [-0.1, -0.05) is 30.3 Å². The molecule has 5 nitrogen and oxygen atoms in total. The van der Waals surface area contributed by atoms with E-state index in [1.54, 1.807) is 11.8 Å². The van der Waals surface area contributed by atoms with Gasteiger partial charge in [-0.3, -0.25) is 9.69 Å². The lowest BCUT2D eigenvalue weighted by Crippen LogP contribution is -2.57. The van der Waals surface area contributed by atoms with Crippen LogP contribution in [0.4, 0.5) is 4.79 Å². The van der Waals surface area contributed by atoms with Gasteiger partial charge in [0.05, 0.1) is 6.04 Å². The van der Waals surface area contributed by atoms with Gasteiger partial charge in [0.2, 0.25) is 5.91 Å². The second-order valence-electron chi connectivity index (χ2n) is 7.08. The van der Waals surface area contributed by atoms with Crippen LogP contribution in [0.1, 0.15) is 46.2 Å². The van der Waals surface area contributed by atoms with Crippen LogP contribution in [-0.4, -0.2) is 46.5 Å². The van der Waals surface area contributed by atoms with Crippen molar-refractivity contribution < 1.29 is 14.3 Å². The Morgan fingerprint density at radius 2 is 1.70 bits per heavy atom. The molecule has 1 aromatic carbocycles. The fraction of sp³-hybridized carbons (Fsp3) is 0.556. The van der Waals surface area contributed by atoms with Crippen LogP contribution in [0, 0.1) is 0 Å². The molecule has 2 amide bonds. The van der Waals surface area contributed by atoms with Crippen LogP contribution < -0.4 is 0 Å². The average molecular weight is 318 g/mol. The molecule has 0 aliphatic carbocycles. The van der Waals surface area contributed by atoms with E-state index in [9.17, 15) is 9.59 Å². The maximum atomic E-state index is 12.6. The molecule has 23 heavy (non-hydrogen) atoms. The summed E-state index contributed by atoms with van der Waals surface area (Å²) < 4.78 is 5.56. The molecule has 0 unspecified atom stereocenters. The van der Waals surface area contributed by atoms with Crippen LogP contribution in [-0.2, 0) is 9.53 Å². The van der Waals surface area contributed by atoms with Crippen LogP contribution >= 0.6 is 0 Å². The first kappa shape index (κ1) is 17.3. The predicted molar refractivity (Wildman–Crippen MR) is 89.0 cm³/mol. The number of nitrogens with zero attached hydrogens (tertiary/aromatic N) is 2. The van der Waals surface area contributed by atoms with E-state index in [0.717, 1.165) is 5.56 Å². The Kier molecular flexibility index (Phi) is 4.97. The van der Waals surface area contributed by atoms with Crippen molar-refractivity contribution in [1.29, 1.82) is 0 Å². The standard InChI is InChI=1S/C18H26N2O3/c1-13-11-20(17(22)23-18(3,4)5)16(12-19(13)14(2)21)15-9-7-6-8-10-15/h6-10,13,16H,11-12H2,1-5H3/t13-,16-/m1/s1. The van der Waals surface area contributed by atoms with Crippen molar-refractivity contribution in [2.24, 2.45) is 0 Å². The van der Waals surface area contributed by atoms with E-state index in [1.165, 1.54) is 0 Å². The first-order valence-corrected chi connectivity index (χ1v) is 8.01. The Hall–Kier alpha value is -2.04. The van der Waals surface area contributed by atoms with Crippen LogP contribution in [0.15, 0.2) is 30.3 Å². The summed E-state index contributed by atoms with van der Waals surface area (Å²) in [4.78, 5) is 28.1. The van der Waals surface area contributed by atoms with Gasteiger partial charge in [0.1, 0.15) is 5.60 Å². The summed E-state index contributed by atoms with van der Waals surface area (Å²) in [6.07, 6.45) is -0.332. The van der Waals surface area contributed by atoms with E-state index in [2.05, 4.69) is 0 Å². The lowest BCUT2D eigenvalue weighted by molar-refractivity contribution is -0.135. The van der Waals surface area contributed by atoms with Crippen molar-refractivity contribution in [3.05, 3.63) is 35.9 Å². The number of rotatable bonds is 1. The summed E-state index contributed by atoms with van der Waals surface area (Å²) in [5, 5.41) is 0. The number of benzene rings is 1. The van der Waals surface area contributed by atoms with Crippen molar-refractivity contribution in [2.45, 2.75) is 52.3 Å². The smallest absolute Gasteiger partial charge is 0.410 e. The lowest BCUT2D eigenvalue weighted by atomic mass is 10.00. The summed E-state index contributed by atoms with van der Waals surface area (Å²) in [5.74, 6) is 0.0299. The molecule has 1 heterocycles. The first-order valence-electron chi connectivity index (χ1n) is 8.01. The molecule has 1 aliphatic heterocycles. The third kappa shape index (κ3) is 4.24. The number of carbonyl (C=O) groups excluding carboxylic acids is 2. The maximum absolute atomic E-state index is 12.6. The number of amides is 2. The van der Waals surface area contributed by atoms with Crippen molar-refractivity contribution in [2.75, 3.05) is 13.1 Å². The number of hydrogen-bond donors (Lipinski definition) is 0. The zero-order chi connectivity index (χ0) is 17.2. The summed E-state index contributed by atoms with van der Waals surface area (Å²) >= 11 is 0. The second kappa shape index (κ2) is 6.60. The van der Waals surface area contributed by atoms with Gasteiger partial charge < -0.3 is 9.64 Å². The molecular formula is C18H26N2O3. The van der Waals surface area contributed by atoms with Crippen LogP contribution in [0.2, 0.25) is 0 Å². The van der Waals surface area contributed by atoms with Crippen LogP contribution in [0.25, 0.3) is 0 Å². The van der Waals surface area contributed by atoms with E-state index in [4.69, 9.17) is 4.74 Å². The zero-order valence-corrected chi connectivity index (χ0v) is 14.6. The Morgan fingerprint density at radius 1 is 1.09 bits per heavy atom. The van der Waals surface area contributed by atoms with Crippen LogP contribution in [0.5, 0.6) is 0 Å². The minimum Gasteiger partial charge on any atom is -0.444 e. The fourth-order valence-electron chi connectivity index (χ4n) is 2.90. The fourth-order valence-corrected chi connectivity index (χ4v) is 2.90. The minimum atomic E-state index is -0.542. The highest BCUT2D eigenvalue weighted by atomic mass is 16.6. The molecule has 0 N–H and O–H groups in total. The minimum absolute atomic E-state index is 0.0278. The largest absolute Gasteiger partial charge is 0.444 e. The Labute approximate surface area is 138 Å². The number of carbonyl (C=O) groups is 2. The highest BCUT2D eigenvalue weighted by Crippen LogP contribution is 2.29. The Balaban J connectivity index is 2.30. The molecule has 1 fully saturated rings. The number of ether oxygens (including phenoxy) is 1. The SMILES string of the molecule is CC(=O)N1C[C@H](c2ccccc2)N(C(=O)OC(C)(C)C)C[C@H]1C. The van der Waals surface area contributed by atoms with Crippen molar-refractivity contribution in [3.63, 3.8) is 0 Å². The summed E-state index contributed by atoms with van der Waals surface area (Å²) in [6, 6.07) is 9.57. The normalized spacial score (nSPS) is 22.0. The third-order valence-corrected chi connectivity index (χ3v) is 3.96. The first-order chi connectivity index (χ1) is 10.7. The quantitative estimate of drug-likeness (QED) is 0.799. The average Bonchev–Trinajstić information content (AvgIpc) is 2.45. The molecule has 5 heteroatoms. The molecule has 126 valence electrons. The molecule has 1 aliphatic rings. The van der Waals surface area contributed by atoms with Crippen molar-refractivity contribution >= 4 is 12.0 Å². The van der Waals surface area contributed by atoms with E-state index in [1.807, 2.05) is 62.9 Å². The Bertz CT molecular complexity index is 565. The predicted octanol–water partition coefficient (Wildman–Crippen LogP) is 3.22. The molecule has 0 aromatic heterocycles. The molecular weight excluding hydrogens is 292 g/mol. The van der Waals surface area contributed by atoms with Gasteiger partial charge in [-0.25, -0.2) is 4.79 Å². The monoisotopic (exact) mass is 318 g/mol. The maximum Gasteiger partial charge on any atom is 0.410 e. The van der Waals surface area contributed by atoms with Crippen molar-refractivity contribution in [3.8, 4) is 0 Å². The van der Waals surface area contributed by atoms with Gasteiger partial charge in [-0.05, 0) is 33.3 Å². The topological polar surface area (TPSA) is 49.9 Å². The molecule has 2 atom stereocenters. The molecule has 0 bridgehead atoms. The van der Waals surface area contributed by atoms with Gasteiger partial charge >= 0.3 is 6.09 Å². The highest BCUT2D eigenvalue weighted by molar-refractivity contribution is 5.75. The summed E-state index contributed by atoms with van der Waals surface area (Å²) in [6.45, 7) is 10.1. The van der Waals surface area contributed by atoms with E-state index in [-0.39, 0.29) is 24.1 Å². The molecule has 1 aromatic rings. The second-order valence-corrected chi connectivity index (χ2v) is 7.08. The van der Waals surface area contributed by atoms with Gasteiger partial charge in [0.15, 0.2) is 0 Å². The van der Waals surface area contributed by atoms with Gasteiger partial charge in [-0.2, -0.15) is 0 Å². The van der Waals surface area contributed by atoms with Crippen LogP contribution in [0.3, 0.4) is 0 Å². The molecule has 0 spiro atoms. The summed E-state index contributed by atoms with van der Waals surface area (Å²) in [7, 11) is 0. The van der Waals surface area contributed by atoms with Crippen molar-refractivity contribution in [1.82, 2.24) is 9.80 Å². The van der Waals surface area contributed by atoms with Gasteiger partial charge in [0, 0.05) is 26.1 Å². The highest BCUT2D eigenvalue weighted by Gasteiger charge is 2.38. The lowest BCUT2D eigenvalue weighted by Gasteiger charge is -2.45. The molecule has 0 saturated carbocycles. The van der Waals surface area contributed by atoms with E-state index >= 15 is 0 Å². The molecule has 2 rings (SSSR count). The third-order valence-electron chi connectivity index (χ3n) is 3.96. The number of piperazine rings is 1. The molecule has 1 saturated heterocycles. The Morgan fingerprint density at radius 3 is 2.22 bits per heavy atom. The van der Waals surface area contributed by atoms with E-state index in [0.29, 0.717) is 13.1 Å². The van der Waals surface area contributed by atoms with E-state index < -0.39 is 5.60 Å². The van der Waals surface area contributed by atoms with Gasteiger partial charge in [-0.15, -0.1) is 0 Å². The number of hydrogen-bond acceptors (Lipinski definition) is 3.